The Morgan fingerprint density at radius 2 is 2.20 bits per heavy atom. The fraction of sp³-hybridized carbons (Fsp3) is 0.733. The summed E-state index contributed by atoms with van der Waals surface area (Å²) in [5, 5.41) is 1.01. The van der Waals surface area contributed by atoms with Crippen molar-refractivity contribution in [3.05, 3.63) is 10.6 Å². The van der Waals surface area contributed by atoms with Gasteiger partial charge in [0.25, 0.3) is 0 Å². The van der Waals surface area contributed by atoms with Crippen molar-refractivity contribution in [1.82, 2.24) is 4.98 Å². The molecular weight excluding hydrogens is 272 g/mol. The Morgan fingerprint density at radius 3 is 2.75 bits per heavy atom. The highest BCUT2D eigenvalue weighted by Crippen LogP contribution is 2.33. The lowest BCUT2D eigenvalue weighted by Gasteiger charge is -2.31. The first-order chi connectivity index (χ1) is 9.69. The second-order valence-electron chi connectivity index (χ2n) is 5.56. The van der Waals surface area contributed by atoms with Crippen molar-refractivity contribution in [3.63, 3.8) is 0 Å². The summed E-state index contributed by atoms with van der Waals surface area (Å²) >= 11 is 1.54. The molecule has 0 radical (unpaired) electrons. The average molecular weight is 296 g/mol. The predicted molar refractivity (Wildman–Crippen MR) is 83.0 cm³/mol. The molecule has 2 heterocycles. The van der Waals surface area contributed by atoms with Crippen LogP contribution in [-0.2, 0) is 4.74 Å². The van der Waals surface area contributed by atoms with Crippen LogP contribution >= 0.6 is 11.3 Å². The Labute approximate surface area is 125 Å². The lowest BCUT2D eigenvalue weighted by Crippen LogP contribution is -2.34. The summed E-state index contributed by atoms with van der Waals surface area (Å²) in [6.07, 6.45) is 4.26. The summed E-state index contributed by atoms with van der Waals surface area (Å²) in [7, 11) is 1.77. The highest BCUT2D eigenvalue weighted by atomic mass is 32.1. The molecule has 1 aromatic heterocycles. The summed E-state index contributed by atoms with van der Waals surface area (Å²) in [6.45, 7) is 7.15. The highest BCUT2D eigenvalue weighted by Gasteiger charge is 2.23. The van der Waals surface area contributed by atoms with Crippen LogP contribution < -0.4 is 4.90 Å². The average Bonchev–Trinajstić information content (AvgIpc) is 2.92. The number of hydrogen-bond donors (Lipinski definition) is 0. The Morgan fingerprint density at radius 1 is 1.50 bits per heavy atom. The second-order valence-corrected chi connectivity index (χ2v) is 6.57. The Kier molecular flexibility index (Phi) is 5.54. The SMILES string of the molecule is CCC(C)c1nc(N2CCC(COC)CC2)sc1C=O. The van der Waals surface area contributed by atoms with Crippen LogP contribution in [0.3, 0.4) is 0 Å². The number of anilines is 1. The second kappa shape index (κ2) is 7.18. The van der Waals surface area contributed by atoms with Crippen LogP contribution in [0.15, 0.2) is 0 Å². The summed E-state index contributed by atoms with van der Waals surface area (Å²) in [6, 6.07) is 0. The molecule has 20 heavy (non-hydrogen) atoms. The molecule has 1 fully saturated rings. The normalized spacial score (nSPS) is 18.2. The lowest BCUT2D eigenvalue weighted by molar-refractivity contribution is 0.112. The zero-order chi connectivity index (χ0) is 14.5. The van der Waals surface area contributed by atoms with Gasteiger partial charge in [0.05, 0.1) is 10.6 Å². The van der Waals surface area contributed by atoms with Gasteiger partial charge in [-0.15, -0.1) is 0 Å². The zero-order valence-corrected chi connectivity index (χ0v) is 13.4. The van der Waals surface area contributed by atoms with E-state index in [1.165, 1.54) is 11.3 Å². The number of rotatable bonds is 6. The van der Waals surface area contributed by atoms with E-state index in [0.717, 1.165) is 60.9 Å². The van der Waals surface area contributed by atoms with Gasteiger partial charge in [0.15, 0.2) is 11.4 Å². The van der Waals surface area contributed by atoms with Gasteiger partial charge in [0.1, 0.15) is 0 Å². The quantitative estimate of drug-likeness (QED) is 0.755. The number of methoxy groups -OCH3 is 1. The van der Waals surface area contributed by atoms with E-state index in [-0.39, 0.29) is 0 Å². The molecule has 4 nitrogen and oxygen atoms in total. The van der Waals surface area contributed by atoms with Crippen LogP contribution in [0.5, 0.6) is 0 Å². The third-order valence-corrected chi connectivity index (χ3v) is 5.20. The van der Waals surface area contributed by atoms with Crippen LogP contribution in [-0.4, -0.2) is 38.1 Å². The Balaban J connectivity index is 2.06. The first-order valence-electron chi connectivity index (χ1n) is 7.39. The maximum atomic E-state index is 11.2. The third-order valence-electron chi connectivity index (χ3n) is 4.14. The molecule has 0 N–H and O–H groups in total. The highest BCUT2D eigenvalue weighted by molar-refractivity contribution is 7.17. The predicted octanol–water partition coefficient (Wildman–Crippen LogP) is 3.33. The molecule has 1 unspecified atom stereocenters. The van der Waals surface area contributed by atoms with Crippen LogP contribution in [0.25, 0.3) is 0 Å². The van der Waals surface area contributed by atoms with Crippen molar-refractivity contribution in [3.8, 4) is 0 Å². The number of ether oxygens (including phenoxy) is 1. The van der Waals surface area contributed by atoms with Gasteiger partial charge in [-0.05, 0) is 31.1 Å². The third kappa shape index (κ3) is 3.38. The van der Waals surface area contributed by atoms with E-state index in [0.29, 0.717) is 11.8 Å². The Bertz CT molecular complexity index is 439. The Hall–Kier alpha value is -0.940. The van der Waals surface area contributed by atoms with Gasteiger partial charge in [-0.1, -0.05) is 25.2 Å². The lowest BCUT2D eigenvalue weighted by atomic mass is 9.98. The van der Waals surface area contributed by atoms with Gasteiger partial charge in [-0.25, -0.2) is 4.98 Å². The molecule has 112 valence electrons. The number of piperidine rings is 1. The molecule has 1 aliphatic rings. The summed E-state index contributed by atoms with van der Waals surface area (Å²) in [5.41, 5.74) is 0.974. The largest absolute Gasteiger partial charge is 0.384 e. The van der Waals surface area contributed by atoms with E-state index < -0.39 is 0 Å². The van der Waals surface area contributed by atoms with Crippen molar-refractivity contribution in [2.45, 2.75) is 39.0 Å². The summed E-state index contributed by atoms with van der Waals surface area (Å²) < 4.78 is 5.23. The van der Waals surface area contributed by atoms with Gasteiger partial charge >= 0.3 is 0 Å². The molecular formula is C15H24N2O2S. The minimum absolute atomic E-state index is 0.353. The van der Waals surface area contributed by atoms with Gasteiger partial charge in [0, 0.05) is 26.8 Å². The smallest absolute Gasteiger partial charge is 0.186 e. The van der Waals surface area contributed by atoms with Crippen molar-refractivity contribution in [2.24, 2.45) is 5.92 Å². The maximum absolute atomic E-state index is 11.2. The zero-order valence-electron chi connectivity index (χ0n) is 12.6. The molecule has 1 atom stereocenters. The number of thiazole rings is 1. The van der Waals surface area contributed by atoms with Gasteiger partial charge in [0.2, 0.25) is 0 Å². The monoisotopic (exact) mass is 296 g/mol. The van der Waals surface area contributed by atoms with E-state index in [4.69, 9.17) is 9.72 Å². The van der Waals surface area contributed by atoms with Crippen LogP contribution in [0.4, 0.5) is 5.13 Å². The van der Waals surface area contributed by atoms with Gasteiger partial charge < -0.3 is 9.64 Å². The number of carbonyl (C=O) groups excluding carboxylic acids is 1. The molecule has 0 amide bonds. The van der Waals surface area contributed by atoms with E-state index in [9.17, 15) is 4.79 Å². The molecule has 0 aliphatic carbocycles. The summed E-state index contributed by atoms with van der Waals surface area (Å²) in [4.78, 5) is 19.1. The number of carbonyl (C=O) groups is 1. The molecule has 1 saturated heterocycles. The van der Waals surface area contributed by atoms with Crippen molar-refractivity contribution < 1.29 is 9.53 Å². The molecule has 2 rings (SSSR count). The van der Waals surface area contributed by atoms with Crippen LogP contribution in [0.2, 0.25) is 0 Å². The van der Waals surface area contributed by atoms with Crippen molar-refractivity contribution in [2.75, 3.05) is 31.7 Å². The first-order valence-corrected chi connectivity index (χ1v) is 8.21. The minimum Gasteiger partial charge on any atom is -0.384 e. The fourth-order valence-electron chi connectivity index (χ4n) is 2.62. The first kappa shape index (κ1) is 15.4. The standard InChI is InChI=1S/C15H24N2O2S/c1-4-11(2)14-13(9-18)20-15(16-14)17-7-5-12(6-8-17)10-19-3/h9,11-12H,4-8,10H2,1-3H3. The van der Waals surface area contributed by atoms with E-state index >= 15 is 0 Å². The molecule has 0 bridgehead atoms. The van der Waals surface area contributed by atoms with Gasteiger partial charge in [-0.2, -0.15) is 0 Å². The van der Waals surface area contributed by atoms with Crippen LogP contribution in [0, 0.1) is 5.92 Å². The van der Waals surface area contributed by atoms with E-state index in [1.807, 2.05) is 0 Å². The summed E-state index contributed by atoms with van der Waals surface area (Å²) in [5.74, 6) is 1.02. The molecule has 0 spiro atoms. The number of nitrogens with zero attached hydrogens (tertiary/aromatic N) is 2. The van der Waals surface area contributed by atoms with Crippen molar-refractivity contribution in [1.29, 1.82) is 0 Å². The molecule has 1 aromatic rings. The number of aromatic nitrogens is 1. The molecule has 0 aromatic carbocycles. The maximum Gasteiger partial charge on any atom is 0.186 e. The molecule has 1 aliphatic heterocycles. The fourth-order valence-corrected chi connectivity index (χ4v) is 3.68. The van der Waals surface area contributed by atoms with Crippen LogP contribution in [0.1, 0.15) is 54.4 Å². The van der Waals surface area contributed by atoms with Crippen molar-refractivity contribution >= 4 is 22.8 Å². The molecule has 0 saturated carbocycles. The van der Waals surface area contributed by atoms with Gasteiger partial charge in [-0.3, -0.25) is 4.79 Å². The topological polar surface area (TPSA) is 42.4 Å². The number of aldehydes is 1. The number of hydrogen-bond acceptors (Lipinski definition) is 5. The van der Waals surface area contributed by atoms with E-state index in [1.54, 1.807) is 7.11 Å². The van der Waals surface area contributed by atoms with E-state index in [2.05, 4.69) is 18.7 Å². The molecule has 5 heteroatoms. The minimum atomic E-state index is 0.353.